The van der Waals surface area contributed by atoms with Crippen LogP contribution < -0.4 is 5.32 Å². The molecule has 0 aromatic carbocycles. The Morgan fingerprint density at radius 1 is 0.492 bits per heavy atom. The molecule has 3 N–H and O–H groups in total. The molecule has 0 aliphatic carbocycles. The first-order valence-corrected chi connectivity index (χ1v) is 25.3. The number of esters is 1. The molecule has 0 rings (SSSR count). The van der Waals surface area contributed by atoms with Gasteiger partial charge in [0.1, 0.15) is 6.10 Å². The number of aliphatic hydroxyl groups is 2. The van der Waals surface area contributed by atoms with Gasteiger partial charge >= 0.3 is 5.97 Å². The number of carbonyl (C=O) groups excluding carboxylic acids is 2. The highest BCUT2D eigenvalue weighted by atomic mass is 16.5. The molecule has 0 aliphatic rings. The van der Waals surface area contributed by atoms with Crippen LogP contribution in [0.4, 0.5) is 0 Å². The van der Waals surface area contributed by atoms with Gasteiger partial charge in [-0.3, -0.25) is 9.59 Å². The van der Waals surface area contributed by atoms with Crippen LogP contribution in [0, 0.1) is 0 Å². The summed E-state index contributed by atoms with van der Waals surface area (Å²) in [6.45, 7) is 6.23. The smallest absolute Gasteiger partial charge is 0.306 e. The third-order valence-corrected chi connectivity index (χ3v) is 11.0. The predicted molar refractivity (Wildman–Crippen MR) is 264 cm³/mol. The van der Waals surface area contributed by atoms with Crippen LogP contribution in [-0.4, -0.2) is 46.9 Å². The molecule has 0 aliphatic heterocycles. The van der Waals surface area contributed by atoms with Crippen LogP contribution in [0.15, 0.2) is 85.1 Å². The van der Waals surface area contributed by atoms with Crippen molar-refractivity contribution in [2.45, 2.75) is 244 Å². The van der Waals surface area contributed by atoms with E-state index < -0.39 is 18.2 Å². The Balaban J connectivity index is 4.70. The number of allylic oxidation sites excluding steroid dienone is 14. The van der Waals surface area contributed by atoms with Crippen molar-refractivity contribution in [1.29, 1.82) is 0 Å². The van der Waals surface area contributed by atoms with E-state index in [9.17, 15) is 19.8 Å². The van der Waals surface area contributed by atoms with Gasteiger partial charge in [0.15, 0.2) is 0 Å². The minimum atomic E-state index is -0.809. The molecule has 0 heterocycles. The van der Waals surface area contributed by atoms with E-state index in [-0.39, 0.29) is 24.9 Å². The lowest BCUT2D eigenvalue weighted by Gasteiger charge is -2.24. The topological polar surface area (TPSA) is 95.9 Å². The Morgan fingerprint density at radius 2 is 0.902 bits per heavy atom. The van der Waals surface area contributed by atoms with Gasteiger partial charge in [0.25, 0.3) is 0 Å². The fourth-order valence-corrected chi connectivity index (χ4v) is 7.21. The van der Waals surface area contributed by atoms with Crippen LogP contribution in [-0.2, 0) is 14.3 Å². The second-order valence-corrected chi connectivity index (χ2v) is 16.8. The van der Waals surface area contributed by atoms with Gasteiger partial charge in [0, 0.05) is 6.42 Å². The van der Waals surface area contributed by atoms with E-state index in [0.717, 1.165) is 109 Å². The Hall–Kier alpha value is -2.96. The van der Waals surface area contributed by atoms with Crippen molar-refractivity contribution >= 4 is 11.9 Å². The second kappa shape index (κ2) is 48.1. The summed E-state index contributed by atoms with van der Waals surface area (Å²) in [7, 11) is 0. The van der Waals surface area contributed by atoms with Crippen molar-refractivity contribution in [3.05, 3.63) is 85.1 Å². The summed E-state index contributed by atoms with van der Waals surface area (Å²) in [6.07, 6.45) is 62.2. The van der Waals surface area contributed by atoms with E-state index in [1.807, 2.05) is 0 Å². The molecule has 6 heteroatoms. The van der Waals surface area contributed by atoms with Crippen molar-refractivity contribution in [3.8, 4) is 0 Å². The molecule has 61 heavy (non-hydrogen) atoms. The zero-order chi connectivity index (χ0) is 44.5. The first kappa shape index (κ1) is 58.0. The summed E-state index contributed by atoms with van der Waals surface area (Å²) in [5, 5.41) is 23.7. The highest BCUT2D eigenvalue weighted by molar-refractivity contribution is 5.77. The third kappa shape index (κ3) is 43.5. The predicted octanol–water partition coefficient (Wildman–Crippen LogP) is 15.2. The Kier molecular flexibility index (Phi) is 45.7. The van der Waals surface area contributed by atoms with Crippen LogP contribution in [0.1, 0.15) is 226 Å². The number of unbranched alkanes of at least 4 members (excludes halogenated alkanes) is 18. The van der Waals surface area contributed by atoms with Gasteiger partial charge in [-0.25, -0.2) is 0 Å². The Bertz CT molecular complexity index is 1180. The highest BCUT2D eigenvalue weighted by Gasteiger charge is 2.24. The molecule has 0 bridgehead atoms. The van der Waals surface area contributed by atoms with Gasteiger partial charge < -0.3 is 20.3 Å². The van der Waals surface area contributed by atoms with Crippen LogP contribution in [0.25, 0.3) is 0 Å². The number of hydrogen-bond donors (Lipinski definition) is 3. The van der Waals surface area contributed by atoms with Gasteiger partial charge in [-0.2, -0.15) is 0 Å². The summed E-state index contributed by atoms with van der Waals surface area (Å²) >= 11 is 0. The quantitative estimate of drug-likeness (QED) is 0.0322. The minimum absolute atomic E-state index is 0.0268. The number of aliphatic hydroxyl groups excluding tert-OH is 2. The first-order valence-electron chi connectivity index (χ1n) is 25.3. The minimum Gasteiger partial charge on any atom is -0.462 e. The number of amides is 1. The molecule has 0 spiro atoms. The normalized spacial score (nSPS) is 14.0. The van der Waals surface area contributed by atoms with Gasteiger partial charge in [0.05, 0.1) is 25.2 Å². The lowest BCUT2D eigenvalue weighted by molar-refractivity contribution is -0.151. The number of rotatable bonds is 44. The number of carbonyl (C=O) groups is 2. The molecular formula is C55H95NO5. The zero-order valence-electron chi connectivity index (χ0n) is 39.8. The van der Waals surface area contributed by atoms with Crippen molar-refractivity contribution in [3.63, 3.8) is 0 Å². The van der Waals surface area contributed by atoms with E-state index in [4.69, 9.17) is 4.74 Å². The molecule has 0 radical (unpaired) electrons. The average Bonchev–Trinajstić information content (AvgIpc) is 3.25. The number of ether oxygens (including phenoxy) is 1. The maximum atomic E-state index is 13.2. The lowest BCUT2D eigenvalue weighted by Crippen LogP contribution is -2.46. The SMILES string of the molecule is CC/C=C/C/C=C/C/C=C/C/C=C/CCCC(CC(=O)NC(CO)C(O)CCCCCCCCCCCCCCCC)OC(=O)CCCCCC/C=C/C/C=C/C/C=C/CC. The summed E-state index contributed by atoms with van der Waals surface area (Å²) in [4.78, 5) is 26.1. The molecular weight excluding hydrogens is 755 g/mol. The Labute approximate surface area is 376 Å². The molecule has 0 aromatic rings. The summed E-state index contributed by atoms with van der Waals surface area (Å²) < 4.78 is 5.89. The van der Waals surface area contributed by atoms with Gasteiger partial charge in [-0.15, -0.1) is 0 Å². The molecule has 6 nitrogen and oxygen atoms in total. The maximum Gasteiger partial charge on any atom is 0.306 e. The van der Waals surface area contributed by atoms with Crippen molar-refractivity contribution in [2.24, 2.45) is 0 Å². The fraction of sp³-hybridized carbons (Fsp3) is 0.709. The molecule has 0 saturated heterocycles. The van der Waals surface area contributed by atoms with E-state index in [1.54, 1.807) is 0 Å². The van der Waals surface area contributed by atoms with Gasteiger partial charge in [-0.1, -0.05) is 209 Å². The van der Waals surface area contributed by atoms with E-state index in [1.165, 1.54) is 70.6 Å². The first-order chi connectivity index (χ1) is 30.0. The van der Waals surface area contributed by atoms with E-state index in [2.05, 4.69) is 111 Å². The summed E-state index contributed by atoms with van der Waals surface area (Å²) in [6, 6.07) is -0.727. The van der Waals surface area contributed by atoms with Crippen LogP contribution in [0.2, 0.25) is 0 Å². The van der Waals surface area contributed by atoms with Gasteiger partial charge in [-0.05, 0) is 89.9 Å². The van der Waals surface area contributed by atoms with E-state index >= 15 is 0 Å². The molecule has 3 atom stereocenters. The molecule has 0 fully saturated rings. The van der Waals surface area contributed by atoms with Crippen molar-refractivity contribution < 1.29 is 24.5 Å². The molecule has 350 valence electrons. The number of hydrogen-bond acceptors (Lipinski definition) is 5. The molecule has 1 amide bonds. The average molecular weight is 850 g/mol. The van der Waals surface area contributed by atoms with Crippen molar-refractivity contribution in [1.82, 2.24) is 5.32 Å². The summed E-state index contributed by atoms with van der Waals surface area (Å²) in [5.41, 5.74) is 0. The molecule has 3 unspecified atom stereocenters. The van der Waals surface area contributed by atoms with Crippen molar-refractivity contribution in [2.75, 3.05) is 6.61 Å². The summed E-state index contributed by atoms with van der Waals surface area (Å²) in [5.74, 6) is -0.559. The molecule has 0 saturated carbocycles. The molecule has 0 aromatic heterocycles. The number of nitrogens with one attached hydrogen (secondary N) is 1. The third-order valence-electron chi connectivity index (χ3n) is 11.0. The standard InChI is InChI=1S/C55H95NO5/c1-4-7-10-13-16-19-22-25-28-31-34-37-40-43-46-51(61-55(60)48-45-42-39-36-33-30-27-24-21-18-15-12-9-6-3)49-54(59)56-52(50-57)53(58)47-44-41-38-35-32-29-26-23-20-17-14-11-8-5-2/h7,9-10,12,16,18-19,21,25,27-28,30,34,37,51-53,57-58H,4-6,8,11,13-15,17,20,22-24,26,29,31-33,35-36,38-50H2,1-3H3,(H,56,59)/b10-7+,12-9+,19-16+,21-18+,28-25+,30-27+,37-34+. The van der Waals surface area contributed by atoms with Crippen LogP contribution in [0.3, 0.4) is 0 Å². The van der Waals surface area contributed by atoms with E-state index in [0.29, 0.717) is 19.3 Å². The highest BCUT2D eigenvalue weighted by Crippen LogP contribution is 2.17. The Morgan fingerprint density at radius 3 is 1.38 bits per heavy atom. The van der Waals surface area contributed by atoms with Crippen LogP contribution >= 0.6 is 0 Å². The fourth-order valence-electron chi connectivity index (χ4n) is 7.21. The largest absolute Gasteiger partial charge is 0.462 e. The second-order valence-electron chi connectivity index (χ2n) is 16.8. The van der Waals surface area contributed by atoms with Crippen LogP contribution in [0.5, 0.6) is 0 Å². The monoisotopic (exact) mass is 850 g/mol. The zero-order valence-corrected chi connectivity index (χ0v) is 39.8. The lowest BCUT2D eigenvalue weighted by atomic mass is 10.0. The maximum absolute atomic E-state index is 13.2. The van der Waals surface area contributed by atoms with Gasteiger partial charge in [0.2, 0.25) is 5.91 Å².